The van der Waals surface area contributed by atoms with E-state index in [9.17, 15) is 23.9 Å². The molecule has 0 aliphatic heterocycles. The van der Waals surface area contributed by atoms with Crippen molar-refractivity contribution < 1.29 is 23.9 Å². The van der Waals surface area contributed by atoms with E-state index < -0.39 is 35.7 Å². The molecule has 1 aromatic carbocycles. The molecule has 0 unspecified atom stereocenters. The maximum Gasteiger partial charge on any atom is 0.326 e. The molecule has 1 rings (SSSR count). The van der Waals surface area contributed by atoms with E-state index in [1.807, 2.05) is 6.07 Å². The topological polar surface area (TPSA) is 119 Å². The van der Waals surface area contributed by atoms with Gasteiger partial charge in [-0.3, -0.25) is 9.59 Å². The largest absolute Gasteiger partial charge is 0.480 e. The summed E-state index contributed by atoms with van der Waals surface area (Å²) in [6.07, 6.45) is 1.63. The molecular weight excluding hydrogens is 341 g/mol. The molecule has 1 aromatic rings. The molecule has 0 radical (unpaired) electrons. The number of carboxylic acid groups (broad SMARTS) is 1. The molecule has 0 saturated carbocycles. The molecule has 0 aromatic heterocycles. The Morgan fingerprint density at radius 2 is 1.81 bits per heavy atom. The minimum absolute atomic E-state index is 0.104. The Morgan fingerprint density at radius 3 is 2.35 bits per heavy atom. The summed E-state index contributed by atoms with van der Waals surface area (Å²) in [6, 6.07) is 5.37. The number of halogens is 1. The van der Waals surface area contributed by atoms with Gasteiger partial charge in [0.05, 0.1) is 6.07 Å². The summed E-state index contributed by atoms with van der Waals surface area (Å²) in [5.74, 6) is -2.67. The number of carbonyl (C=O) groups is 3. The maximum atomic E-state index is 13.0. The molecule has 0 heterocycles. The van der Waals surface area contributed by atoms with E-state index in [2.05, 4.69) is 10.6 Å². The van der Waals surface area contributed by atoms with Crippen LogP contribution in [0.1, 0.15) is 38.2 Å². The van der Waals surface area contributed by atoms with Crippen LogP contribution in [0.3, 0.4) is 0 Å². The third-order valence-electron chi connectivity index (χ3n) is 3.69. The lowest BCUT2D eigenvalue weighted by Gasteiger charge is -2.21. The second kappa shape index (κ2) is 10.8. The molecule has 0 fully saturated rings. The molecule has 140 valence electrons. The predicted molar refractivity (Wildman–Crippen MR) is 91.4 cm³/mol. The first-order chi connectivity index (χ1) is 12.3. The summed E-state index contributed by atoms with van der Waals surface area (Å²) in [6.45, 7) is 1.25. The number of amides is 2. The Labute approximate surface area is 151 Å². The molecule has 0 saturated heterocycles. The zero-order chi connectivity index (χ0) is 19.5. The molecule has 26 heavy (non-hydrogen) atoms. The monoisotopic (exact) mass is 363 g/mol. The number of rotatable bonds is 10. The summed E-state index contributed by atoms with van der Waals surface area (Å²) in [5, 5.41) is 22.7. The number of hydrogen-bond acceptors (Lipinski definition) is 4. The number of nitrogens with zero attached hydrogens (tertiary/aromatic N) is 1. The number of hydrogen-bond donors (Lipinski definition) is 3. The van der Waals surface area contributed by atoms with Crippen molar-refractivity contribution >= 4 is 17.8 Å². The van der Waals surface area contributed by atoms with Crippen molar-refractivity contribution in [1.82, 2.24) is 10.6 Å². The van der Waals surface area contributed by atoms with Crippen LogP contribution >= 0.6 is 0 Å². The van der Waals surface area contributed by atoms with Gasteiger partial charge >= 0.3 is 5.97 Å². The highest BCUT2D eigenvalue weighted by Crippen LogP contribution is 2.08. The Morgan fingerprint density at radius 1 is 1.15 bits per heavy atom. The summed E-state index contributed by atoms with van der Waals surface area (Å²) >= 11 is 0. The number of aliphatic carboxylic acids is 1. The zero-order valence-corrected chi connectivity index (χ0v) is 14.5. The van der Waals surface area contributed by atoms with Gasteiger partial charge in [0.15, 0.2) is 0 Å². The Kier molecular flexibility index (Phi) is 8.78. The number of carbonyl (C=O) groups excluding carboxylic acids is 2. The second-order valence-electron chi connectivity index (χ2n) is 5.89. The highest BCUT2D eigenvalue weighted by Gasteiger charge is 2.25. The van der Waals surface area contributed by atoms with E-state index in [0.717, 1.165) is 0 Å². The van der Waals surface area contributed by atoms with Crippen molar-refractivity contribution in [2.75, 3.05) is 0 Å². The molecule has 0 bridgehead atoms. The third-order valence-corrected chi connectivity index (χ3v) is 3.69. The molecule has 2 atom stereocenters. The SMILES string of the molecule is CC(=O)N[C@H](Cc1ccc(F)cc1)C(=O)N[C@@H](CCCCC#N)C(=O)O. The highest BCUT2D eigenvalue weighted by molar-refractivity contribution is 5.90. The van der Waals surface area contributed by atoms with Crippen molar-refractivity contribution in [2.45, 2.75) is 51.1 Å². The van der Waals surface area contributed by atoms with Gasteiger partial charge in [-0.25, -0.2) is 9.18 Å². The number of nitriles is 1. The van der Waals surface area contributed by atoms with Gasteiger partial charge < -0.3 is 15.7 Å². The van der Waals surface area contributed by atoms with Crippen LogP contribution in [0.5, 0.6) is 0 Å². The van der Waals surface area contributed by atoms with Crippen LogP contribution in [-0.4, -0.2) is 35.0 Å². The molecule has 0 spiro atoms. The van der Waals surface area contributed by atoms with Gasteiger partial charge in [0, 0.05) is 19.8 Å². The molecule has 0 aliphatic rings. The fourth-order valence-electron chi connectivity index (χ4n) is 2.39. The van der Waals surface area contributed by atoms with Gasteiger partial charge in [-0.05, 0) is 37.0 Å². The van der Waals surface area contributed by atoms with Gasteiger partial charge in [0.2, 0.25) is 11.8 Å². The fraction of sp³-hybridized carbons (Fsp3) is 0.444. The van der Waals surface area contributed by atoms with Crippen molar-refractivity contribution in [1.29, 1.82) is 5.26 Å². The summed E-state index contributed by atoms with van der Waals surface area (Å²) < 4.78 is 13.0. The summed E-state index contributed by atoms with van der Waals surface area (Å²) in [7, 11) is 0. The molecule has 7 nitrogen and oxygen atoms in total. The minimum atomic E-state index is -1.18. The van der Waals surface area contributed by atoms with Crippen LogP contribution in [0, 0.1) is 17.1 Å². The quantitative estimate of drug-likeness (QED) is 0.545. The number of unbranched alkanes of at least 4 members (excludes halogenated alkanes) is 2. The van der Waals surface area contributed by atoms with Gasteiger partial charge in [0.25, 0.3) is 0 Å². The van der Waals surface area contributed by atoms with Crippen LogP contribution < -0.4 is 10.6 Å². The molecular formula is C18H22FN3O4. The lowest BCUT2D eigenvalue weighted by atomic mass is 10.0. The first-order valence-electron chi connectivity index (χ1n) is 8.25. The van der Waals surface area contributed by atoms with E-state index in [1.165, 1.54) is 31.2 Å². The standard InChI is InChI=1S/C18H22FN3O4/c1-12(23)21-16(11-13-6-8-14(19)9-7-13)17(24)22-15(18(25)26)5-3-2-4-10-20/h6-9,15-16H,2-5,11H2,1H3,(H,21,23)(H,22,24)(H,25,26)/t15-,16+/m0/s1. The van der Waals surface area contributed by atoms with Gasteiger partial charge in [0.1, 0.15) is 17.9 Å². The number of nitrogens with one attached hydrogen (secondary N) is 2. The minimum Gasteiger partial charge on any atom is -0.480 e. The third kappa shape index (κ3) is 7.75. The zero-order valence-electron chi connectivity index (χ0n) is 14.5. The number of carboxylic acids is 1. The Balaban J connectivity index is 2.76. The van der Waals surface area contributed by atoms with Crippen LogP contribution in [0.15, 0.2) is 24.3 Å². The average Bonchev–Trinajstić information content (AvgIpc) is 2.58. The Hall–Kier alpha value is -2.95. The lowest BCUT2D eigenvalue weighted by Crippen LogP contribution is -2.52. The second-order valence-corrected chi connectivity index (χ2v) is 5.89. The molecule has 3 N–H and O–H groups in total. The maximum absolute atomic E-state index is 13.0. The predicted octanol–water partition coefficient (Wildman–Crippen LogP) is 1.53. The van der Waals surface area contributed by atoms with Crippen molar-refractivity contribution in [3.63, 3.8) is 0 Å². The smallest absolute Gasteiger partial charge is 0.326 e. The average molecular weight is 363 g/mol. The van der Waals surface area contributed by atoms with E-state index in [0.29, 0.717) is 24.8 Å². The van der Waals surface area contributed by atoms with Gasteiger partial charge in [-0.2, -0.15) is 5.26 Å². The van der Waals surface area contributed by atoms with Crippen LogP contribution in [0.2, 0.25) is 0 Å². The van der Waals surface area contributed by atoms with Crippen LogP contribution in [-0.2, 0) is 20.8 Å². The van der Waals surface area contributed by atoms with Gasteiger partial charge in [-0.1, -0.05) is 12.1 Å². The fourth-order valence-corrected chi connectivity index (χ4v) is 2.39. The summed E-state index contributed by atoms with van der Waals surface area (Å²) in [5.41, 5.74) is 0.626. The lowest BCUT2D eigenvalue weighted by molar-refractivity contribution is -0.142. The van der Waals surface area contributed by atoms with E-state index in [4.69, 9.17) is 5.26 Å². The van der Waals surface area contributed by atoms with Crippen molar-refractivity contribution in [3.8, 4) is 6.07 Å². The van der Waals surface area contributed by atoms with Crippen LogP contribution in [0.25, 0.3) is 0 Å². The van der Waals surface area contributed by atoms with E-state index in [-0.39, 0.29) is 12.8 Å². The first-order valence-corrected chi connectivity index (χ1v) is 8.25. The highest BCUT2D eigenvalue weighted by atomic mass is 19.1. The first kappa shape index (κ1) is 21.1. The molecule has 2 amide bonds. The number of benzene rings is 1. The summed E-state index contributed by atoms with van der Waals surface area (Å²) in [4.78, 5) is 35.1. The molecule has 0 aliphatic carbocycles. The van der Waals surface area contributed by atoms with Crippen LogP contribution in [0.4, 0.5) is 4.39 Å². The van der Waals surface area contributed by atoms with E-state index in [1.54, 1.807) is 0 Å². The van der Waals surface area contributed by atoms with Crippen molar-refractivity contribution in [3.05, 3.63) is 35.6 Å². The molecule has 8 heteroatoms. The van der Waals surface area contributed by atoms with E-state index >= 15 is 0 Å². The Bertz CT molecular complexity index is 670. The normalized spacial score (nSPS) is 12.5. The van der Waals surface area contributed by atoms with Gasteiger partial charge in [-0.15, -0.1) is 0 Å². The van der Waals surface area contributed by atoms with Crippen molar-refractivity contribution in [2.24, 2.45) is 0 Å².